The van der Waals surface area contributed by atoms with Crippen molar-refractivity contribution in [3.05, 3.63) is 12.0 Å². The number of hydrogen-bond acceptors (Lipinski definition) is 4. The molecule has 0 aromatic carbocycles. The van der Waals surface area contributed by atoms with Crippen LogP contribution in [0.2, 0.25) is 0 Å². The predicted molar refractivity (Wildman–Crippen MR) is 38.2 cm³/mol. The second-order valence-corrected chi connectivity index (χ2v) is 1.83. The molecule has 0 unspecified atom stereocenters. The van der Waals surface area contributed by atoms with Crippen LogP contribution in [0.1, 0.15) is 20.8 Å². The molecular weight excluding hydrogens is 148 g/mol. The van der Waals surface area contributed by atoms with E-state index in [9.17, 15) is 4.79 Å². The summed E-state index contributed by atoms with van der Waals surface area (Å²) < 4.78 is 4.49. The van der Waals surface area contributed by atoms with Gasteiger partial charge in [-0.3, -0.25) is 4.79 Å². The molecule has 11 heavy (non-hydrogen) atoms. The van der Waals surface area contributed by atoms with Crippen molar-refractivity contribution in [2.24, 2.45) is 0 Å². The van der Waals surface area contributed by atoms with Crippen molar-refractivity contribution in [1.82, 2.24) is 0 Å². The normalized spacial score (nSPS) is 11.0. The summed E-state index contributed by atoms with van der Waals surface area (Å²) >= 11 is 0. The zero-order valence-electron chi connectivity index (χ0n) is 6.92. The van der Waals surface area contributed by atoms with Crippen LogP contribution in [0.25, 0.3) is 0 Å². The number of hydrogen-bond donors (Lipinski definition) is 0. The Morgan fingerprint density at radius 3 is 2.55 bits per heavy atom. The molecule has 0 spiro atoms. The van der Waals surface area contributed by atoms with E-state index in [1.807, 2.05) is 0 Å². The molecule has 0 N–H and O–H groups in total. The molecule has 0 amide bonds. The van der Waals surface area contributed by atoms with Crippen molar-refractivity contribution >= 4 is 5.97 Å². The maximum absolute atomic E-state index is 10.3. The molecule has 0 aliphatic rings. The van der Waals surface area contributed by atoms with E-state index < -0.39 is 0 Å². The standard InChI is InChI=1S/C7H12O4/c1-4-10-11-6(2)5-9-7(3)8/h5H,4H2,1-3H3. The number of allylic oxidation sites excluding steroid dienone is 1. The Balaban J connectivity index is 3.54. The van der Waals surface area contributed by atoms with E-state index in [1.54, 1.807) is 13.8 Å². The maximum atomic E-state index is 10.3. The Morgan fingerprint density at radius 2 is 2.09 bits per heavy atom. The van der Waals surface area contributed by atoms with Gasteiger partial charge in [-0.15, -0.1) is 0 Å². The predicted octanol–water partition coefficient (Wildman–Crippen LogP) is 1.38. The first-order chi connectivity index (χ1) is 5.16. The number of carbonyl (C=O) groups is 1. The quantitative estimate of drug-likeness (QED) is 0.270. The lowest BCUT2D eigenvalue weighted by molar-refractivity contribution is -0.258. The summed E-state index contributed by atoms with van der Waals surface area (Å²) in [5.41, 5.74) is 0. The van der Waals surface area contributed by atoms with Crippen molar-refractivity contribution < 1.29 is 19.3 Å². The van der Waals surface area contributed by atoms with Gasteiger partial charge in [0.2, 0.25) is 0 Å². The number of esters is 1. The third-order valence-electron chi connectivity index (χ3n) is 0.699. The van der Waals surface area contributed by atoms with Crippen LogP contribution < -0.4 is 0 Å². The molecule has 0 radical (unpaired) electrons. The smallest absolute Gasteiger partial charge is 0.307 e. The van der Waals surface area contributed by atoms with E-state index >= 15 is 0 Å². The molecule has 0 aliphatic carbocycles. The van der Waals surface area contributed by atoms with Crippen LogP contribution in [0.3, 0.4) is 0 Å². The Morgan fingerprint density at radius 1 is 1.45 bits per heavy atom. The summed E-state index contributed by atoms with van der Waals surface area (Å²) in [7, 11) is 0. The van der Waals surface area contributed by atoms with E-state index in [1.165, 1.54) is 13.2 Å². The number of rotatable bonds is 4. The molecule has 0 aromatic rings. The van der Waals surface area contributed by atoms with Crippen molar-refractivity contribution in [3.8, 4) is 0 Å². The van der Waals surface area contributed by atoms with Crippen LogP contribution in [0.5, 0.6) is 0 Å². The third-order valence-corrected chi connectivity index (χ3v) is 0.699. The SMILES string of the molecule is CCOOC(C)=COC(C)=O. The third kappa shape index (κ3) is 6.86. The molecule has 0 bridgehead atoms. The minimum Gasteiger partial charge on any atom is -0.431 e. The van der Waals surface area contributed by atoms with Gasteiger partial charge in [-0.2, -0.15) is 4.89 Å². The van der Waals surface area contributed by atoms with Crippen LogP contribution in [-0.4, -0.2) is 12.6 Å². The fourth-order valence-electron chi connectivity index (χ4n) is 0.337. The van der Waals surface area contributed by atoms with Gasteiger partial charge in [-0.05, 0) is 6.92 Å². The van der Waals surface area contributed by atoms with Gasteiger partial charge in [-0.25, -0.2) is 0 Å². The molecular formula is C7H12O4. The number of ether oxygens (including phenoxy) is 1. The summed E-state index contributed by atoms with van der Waals surface area (Å²) in [5, 5.41) is 0. The minimum absolute atomic E-state index is 0.385. The lowest BCUT2D eigenvalue weighted by Gasteiger charge is -2.01. The van der Waals surface area contributed by atoms with Crippen molar-refractivity contribution in [1.29, 1.82) is 0 Å². The highest BCUT2D eigenvalue weighted by atomic mass is 17.2. The lowest BCUT2D eigenvalue weighted by atomic mass is 10.6. The van der Waals surface area contributed by atoms with Crippen molar-refractivity contribution in [2.75, 3.05) is 6.61 Å². The van der Waals surface area contributed by atoms with E-state index in [2.05, 4.69) is 14.5 Å². The summed E-state index contributed by atoms with van der Waals surface area (Å²) in [6.07, 6.45) is 1.19. The first-order valence-electron chi connectivity index (χ1n) is 3.30. The fraction of sp³-hybridized carbons (Fsp3) is 0.571. The van der Waals surface area contributed by atoms with E-state index in [0.717, 1.165) is 0 Å². The van der Waals surface area contributed by atoms with Gasteiger partial charge in [0.25, 0.3) is 0 Å². The van der Waals surface area contributed by atoms with E-state index in [0.29, 0.717) is 12.4 Å². The second kappa shape index (κ2) is 5.73. The molecule has 0 aromatic heterocycles. The summed E-state index contributed by atoms with van der Waals surface area (Å²) in [4.78, 5) is 19.5. The molecule has 0 atom stereocenters. The van der Waals surface area contributed by atoms with Crippen LogP contribution in [0.15, 0.2) is 12.0 Å². The minimum atomic E-state index is -0.385. The van der Waals surface area contributed by atoms with Gasteiger partial charge in [0.1, 0.15) is 6.26 Å². The summed E-state index contributed by atoms with van der Waals surface area (Å²) in [5.74, 6) is 0.0199. The van der Waals surface area contributed by atoms with Crippen molar-refractivity contribution in [3.63, 3.8) is 0 Å². The molecule has 4 nitrogen and oxygen atoms in total. The Labute approximate surface area is 65.7 Å². The highest BCUT2D eigenvalue weighted by molar-refractivity contribution is 5.66. The first-order valence-corrected chi connectivity index (χ1v) is 3.30. The van der Waals surface area contributed by atoms with Crippen molar-refractivity contribution in [2.45, 2.75) is 20.8 Å². The summed E-state index contributed by atoms with van der Waals surface area (Å²) in [6, 6.07) is 0. The Hall–Kier alpha value is -1.03. The van der Waals surface area contributed by atoms with E-state index in [-0.39, 0.29) is 5.97 Å². The average molecular weight is 160 g/mol. The molecule has 0 heterocycles. The first kappa shape index (κ1) is 9.97. The average Bonchev–Trinajstić information content (AvgIpc) is 1.97. The number of carbonyl (C=O) groups excluding carboxylic acids is 1. The van der Waals surface area contributed by atoms with Crippen LogP contribution in [0.4, 0.5) is 0 Å². The molecule has 4 heteroatoms. The van der Waals surface area contributed by atoms with Gasteiger partial charge < -0.3 is 9.62 Å². The second-order valence-electron chi connectivity index (χ2n) is 1.83. The van der Waals surface area contributed by atoms with Gasteiger partial charge in [0.05, 0.1) is 6.61 Å². The topological polar surface area (TPSA) is 44.8 Å². The van der Waals surface area contributed by atoms with Crippen LogP contribution in [0, 0.1) is 0 Å². The molecule has 0 rings (SSSR count). The lowest BCUT2D eigenvalue weighted by Crippen LogP contribution is -1.95. The Kier molecular flexibility index (Phi) is 5.20. The van der Waals surface area contributed by atoms with Gasteiger partial charge in [0.15, 0.2) is 5.76 Å². The zero-order chi connectivity index (χ0) is 8.69. The highest BCUT2D eigenvalue weighted by Gasteiger charge is 1.92. The molecule has 0 aliphatic heterocycles. The monoisotopic (exact) mass is 160 g/mol. The summed E-state index contributed by atoms with van der Waals surface area (Å²) in [6.45, 7) is 5.17. The largest absolute Gasteiger partial charge is 0.431 e. The maximum Gasteiger partial charge on any atom is 0.307 e. The van der Waals surface area contributed by atoms with Gasteiger partial charge in [0, 0.05) is 13.8 Å². The Bertz CT molecular complexity index is 151. The fourth-order valence-corrected chi connectivity index (χ4v) is 0.337. The molecule has 0 saturated heterocycles. The molecule has 0 fully saturated rings. The van der Waals surface area contributed by atoms with E-state index in [4.69, 9.17) is 0 Å². The molecule has 64 valence electrons. The highest BCUT2D eigenvalue weighted by Crippen LogP contribution is 1.96. The zero-order valence-corrected chi connectivity index (χ0v) is 6.92. The van der Waals surface area contributed by atoms with Gasteiger partial charge >= 0.3 is 5.97 Å². The molecule has 0 saturated carbocycles. The van der Waals surface area contributed by atoms with Crippen LogP contribution in [-0.2, 0) is 19.3 Å². The van der Waals surface area contributed by atoms with Crippen LogP contribution >= 0.6 is 0 Å². The van der Waals surface area contributed by atoms with Gasteiger partial charge in [-0.1, -0.05) is 0 Å².